The zero-order valence-corrected chi connectivity index (χ0v) is 8.69. The zero-order chi connectivity index (χ0) is 11.4. The molecule has 1 N–H and O–H groups in total. The molecule has 1 rings (SSSR count). The number of rotatable bonds is 3. The lowest BCUT2D eigenvalue weighted by molar-refractivity contribution is 0.0695. The molecule has 15 heavy (non-hydrogen) atoms. The van der Waals surface area contributed by atoms with Gasteiger partial charge in [-0.2, -0.15) is 0 Å². The third-order valence-electron chi connectivity index (χ3n) is 2.02. The van der Waals surface area contributed by atoms with Crippen molar-refractivity contribution in [3.8, 4) is 12.3 Å². The lowest BCUT2D eigenvalue weighted by Gasteiger charge is -2.15. The summed E-state index contributed by atoms with van der Waals surface area (Å²) in [5.41, 5.74) is 0.705. The van der Waals surface area contributed by atoms with E-state index < -0.39 is 5.97 Å². The summed E-state index contributed by atoms with van der Waals surface area (Å²) >= 11 is 0. The fourth-order valence-corrected chi connectivity index (χ4v) is 1.20. The molecule has 1 heterocycles. The minimum Gasteiger partial charge on any atom is -0.478 e. The molecule has 0 aliphatic carbocycles. The molecule has 0 amide bonds. The van der Waals surface area contributed by atoms with E-state index in [1.807, 2.05) is 7.05 Å². The number of nitrogens with zero attached hydrogens (tertiary/aromatic N) is 2. The van der Waals surface area contributed by atoms with Crippen LogP contribution in [-0.4, -0.2) is 29.7 Å². The molecule has 0 aliphatic heterocycles. The SMILES string of the molecule is C#CCN(C)c1ccc(C(=O)O)c(C)n1. The van der Waals surface area contributed by atoms with Gasteiger partial charge in [-0.25, -0.2) is 9.78 Å². The molecule has 0 atom stereocenters. The Hall–Kier alpha value is -2.02. The summed E-state index contributed by atoms with van der Waals surface area (Å²) < 4.78 is 0. The molecule has 4 nitrogen and oxygen atoms in total. The number of anilines is 1. The molecule has 1 aromatic heterocycles. The van der Waals surface area contributed by atoms with Crippen molar-refractivity contribution < 1.29 is 9.90 Å². The van der Waals surface area contributed by atoms with Gasteiger partial charge in [0.25, 0.3) is 0 Å². The summed E-state index contributed by atoms with van der Waals surface area (Å²) in [5.74, 6) is 2.20. The number of pyridine rings is 1. The zero-order valence-electron chi connectivity index (χ0n) is 8.69. The van der Waals surface area contributed by atoms with Gasteiger partial charge in [0.05, 0.1) is 17.8 Å². The topological polar surface area (TPSA) is 53.4 Å². The Morgan fingerprint density at radius 1 is 1.67 bits per heavy atom. The predicted octanol–water partition coefficient (Wildman–Crippen LogP) is 1.16. The van der Waals surface area contributed by atoms with Crippen LogP contribution in [-0.2, 0) is 0 Å². The average molecular weight is 204 g/mol. The van der Waals surface area contributed by atoms with Gasteiger partial charge in [0.2, 0.25) is 0 Å². The fourth-order valence-electron chi connectivity index (χ4n) is 1.20. The molecule has 0 radical (unpaired) electrons. The van der Waals surface area contributed by atoms with E-state index in [9.17, 15) is 4.79 Å². The van der Waals surface area contributed by atoms with Crippen molar-refractivity contribution in [2.75, 3.05) is 18.5 Å². The summed E-state index contributed by atoms with van der Waals surface area (Å²) in [6.45, 7) is 2.11. The molecule has 4 heteroatoms. The fraction of sp³-hybridized carbons (Fsp3) is 0.273. The van der Waals surface area contributed by atoms with Crippen LogP contribution >= 0.6 is 0 Å². The van der Waals surface area contributed by atoms with E-state index in [0.29, 0.717) is 18.1 Å². The first-order valence-electron chi connectivity index (χ1n) is 4.41. The maximum atomic E-state index is 10.7. The molecule has 0 aromatic carbocycles. The highest BCUT2D eigenvalue weighted by Crippen LogP contribution is 2.13. The normalized spacial score (nSPS) is 9.40. The average Bonchev–Trinajstić information content (AvgIpc) is 2.17. The van der Waals surface area contributed by atoms with E-state index in [1.54, 1.807) is 17.9 Å². The van der Waals surface area contributed by atoms with Crippen LogP contribution in [0, 0.1) is 19.3 Å². The van der Waals surface area contributed by atoms with Gasteiger partial charge in [-0.05, 0) is 19.1 Å². The Labute approximate surface area is 88.6 Å². The van der Waals surface area contributed by atoms with Gasteiger partial charge in [0.1, 0.15) is 5.82 Å². The molecule has 0 aliphatic rings. The monoisotopic (exact) mass is 204 g/mol. The summed E-state index contributed by atoms with van der Waals surface area (Å²) in [4.78, 5) is 16.7. The van der Waals surface area contributed by atoms with Crippen LogP contribution in [0.25, 0.3) is 0 Å². The van der Waals surface area contributed by atoms with Crippen molar-refractivity contribution in [3.05, 3.63) is 23.4 Å². The molecule has 0 saturated carbocycles. The smallest absolute Gasteiger partial charge is 0.337 e. The standard InChI is InChI=1S/C11H12N2O2/c1-4-7-13(3)10-6-5-9(11(14)15)8(2)12-10/h1,5-6H,7H2,2-3H3,(H,14,15). The maximum absolute atomic E-state index is 10.7. The third kappa shape index (κ3) is 2.47. The van der Waals surface area contributed by atoms with Crippen molar-refractivity contribution >= 4 is 11.8 Å². The van der Waals surface area contributed by atoms with Crippen molar-refractivity contribution in [3.63, 3.8) is 0 Å². The van der Waals surface area contributed by atoms with Crippen molar-refractivity contribution in [2.24, 2.45) is 0 Å². The molecule has 0 saturated heterocycles. The van der Waals surface area contributed by atoms with E-state index in [-0.39, 0.29) is 5.56 Å². The summed E-state index contributed by atoms with van der Waals surface area (Å²) in [7, 11) is 1.81. The van der Waals surface area contributed by atoms with Crippen LogP contribution < -0.4 is 4.90 Å². The first-order chi connectivity index (χ1) is 7.06. The second-order valence-electron chi connectivity index (χ2n) is 3.17. The number of aromatic nitrogens is 1. The Morgan fingerprint density at radius 2 is 2.33 bits per heavy atom. The van der Waals surface area contributed by atoms with Crippen molar-refractivity contribution in [1.29, 1.82) is 0 Å². The molecule has 78 valence electrons. The minimum absolute atomic E-state index is 0.216. The van der Waals surface area contributed by atoms with Crippen LogP contribution in [0.3, 0.4) is 0 Å². The predicted molar refractivity (Wildman–Crippen MR) is 58.0 cm³/mol. The molecular formula is C11H12N2O2. The van der Waals surface area contributed by atoms with Crippen molar-refractivity contribution in [2.45, 2.75) is 6.92 Å². The van der Waals surface area contributed by atoms with Crippen LogP contribution in [0.1, 0.15) is 16.1 Å². The number of aromatic carboxylic acids is 1. The second kappa shape index (κ2) is 4.47. The molecule has 0 bridgehead atoms. The number of carboxylic acids is 1. The van der Waals surface area contributed by atoms with Gasteiger partial charge in [-0.15, -0.1) is 6.42 Å². The van der Waals surface area contributed by atoms with Crippen LogP contribution in [0.5, 0.6) is 0 Å². The quantitative estimate of drug-likeness (QED) is 0.750. The number of hydrogen-bond donors (Lipinski definition) is 1. The van der Waals surface area contributed by atoms with Crippen LogP contribution in [0.15, 0.2) is 12.1 Å². The Morgan fingerprint density at radius 3 is 2.80 bits per heavy atom. The van der Waals surface area contributed by atoms with Gasteiger partial charge in [-0.3, -0.25) is 0 Å². The van der Waals surface area contributed by atoms with Crippen LogP contribution in [0.4, 0.5) is 5.82 Å². The Kier molecular flexibility index (Phi) is 3.29. The summed E-state index contributed by atoms with van der Waals surface area (Å²) in [6.07, 6.45) is 5.17. The highest BCUT2D eigenvalue weighted by atomic mass is 16.4. The minimum atomic E-state index is -0.967. The Balaban J connectivity index is 3.02. The number of carboxylic acid groups (broad SMARTS) is 1. The van der Waals surface area contributed by atoms with E-state index in [0.717, 1.165) is 0 Å². The first-order valence-corrected chi connectivity index (χ1v) is 4.41. The summed E-state index contributed by atoms with van der Waals surface area (Å²) in [5, 5.41) is 8.81. The highest BCUT2D eigenvalue weighted by molar-refractivity contribution is 5.89. The number of aryl methyl sites for hydroxylation is 1. The van der Waals surface area contributed by atoms with E-state index in [2.05, 4.69) is 10.9 Å². The molecule has 1 aromatic rings. The van der Waals surface area contributed by atoms with Crippen LogP contribution in [0.2, 0.25) is 0 Å². The summed E-state index contributed by atoms with van der Waals surface area (Å²) in [6, 6.07) is 3.18. The molecule has 0 spiro atoms. The second-order valence-corrected chi connectivity index (χ2v) is 3.17. The van der Waals surface area contributed by atoms with Gasteiger partial charge in [-0.1, -0.05) is 5.92 Å². The Bertz CT molecular complexity index is 421. The highest BCUT2D eigenvalue weighted by Gasteiger charge is 2.09. The largest absolute Gasteiger partial charge is 0.478 e. The molecule has 0 fully saturated rings. The lowest BCUT2D eigenvalue weighted by Crippen LogP contribution is -2.19. The maximum Gasteiger partial charge on any atom is 0.337 e. The van der Waals surface area contributed by atoms with Gasteiger partial charge < -0.3 is 10.0 Å². The first kappa shape index (κ1) is 11.1. The van der Waals surface area contributed by atoms with Gasteiger partial charge in [0.15, 0.2) is 0 Å². The third-order valence-corrected chi connectivity index (χ3v) is 2.02. The van der Waals surface area contributed by atoms with Gasteiger partial charge >= 0.3 is 5.97 Å². The van der Waals surface area contributed by atoms with Crippen molar-refractivity contribution in [1.82, 2.24) is 4.98 Å². The number of hydrogen-bond acceptors (Lipinski definition) is 3. The van der Waals surface area contributed by atoms with E-state index >= 15 is 0 Å². The number of terminal acetylenes is 1. The number of carbonyl (C=O) groups is 1. The van der Waals surface area contributed by atoms with Gasteiger partial charge in [0, 0.05) is 7.05 Å². The lowest BCUT2D eigenvalue weighted by atomic mass is 10.2. The molecule has 0 unspecified atom stereocenters. The van der Waals surface area contributed by atoms with E-state index in [1.165, 1.54) is 6.07 Å². The van der Waals surface area contributed by atoms with E-state index in [4.69, 9.17) is 11.5 Å². The molecular weight excluding hydrogens is 192 g/mol.